The Kier molecular flexibility index (Phi) is 3.28. The van der Waals surface area contributed by atoms with Crippen LogP contribution in [0, 0.1) is 0 Å². The van der Waals surface area contributed by atoms with Crippen LogP contribution in [0.2, 0.25) is 0 Å². The Balaban J connectivity index is 1.76. The van der Waals surface area contributed by atoms with Crippen molar-refractivity contribution in [2.24, 2.45) is 5.16 Å². The highest BCUT2D eigenvalue weighted by Crippen LogP contribution is 2.21. The summed E-state index contributed by atoms with van der Waals surface area (Å²) in [6, 6.07) is 9.98. The summed E-state index contributed by atoms with van der Waals surface area (Å²) in [4.78, 5) is 17.0. The Morgan fingerprint density at radius 1 is 1.25 bits per heavy atom. The first-order valence-electron chi connectivity index (χ1n) is 6.45. The summed E-state index contributed by atoms with van der Waals surface area (Å²) < 4.78 is 0. The first-order chi connectivity index (χ1) is 9.75. The monoisotopic (exact) mass is 271 g/mol. The molecule has 1 aromatic heterocycles. The summed E-state index contributed by atoms with van der Waals surface area (Å²) in [6.45, 7) is 1.18. The van der Waals surface area contributed by atoms with Gasteiger partial charge in [-0.25, -0.2) is 4.98 Å². The van der Waals surface area contributed by atoms with E-state index in [1.807, 2.05) is 49.3 Å². The van der Waals surface area contributed by atoms with E-state index in [4.69, 9.17) is 4.84 Å². The zero-order chi connectivity index (χ0) is 13.9. The lowest BCUT2D eigenvalue weighted by atomic mass is 10.2. The van der Waals surface area contributed by atoms with Gasteiger partial charge in [-0.15, -0.1) is 0 Å². The molecule has 0 atom stereocenters. The number of amidine groups is 1. The number of aromatic nitrogens is 2. The Labute approximate surface area is 117 Å². The van der Waals surface area contributed by atoms with Crippen molar-refractivity contribution in [3.63, 3.8) is 0 Å². The van der Waals surface area contributed by atoms with Gasteiger partial charge in [0.25, 0.3) is 0 Å². The Bertz CT molecular complexity index is 607. The molecule has 2 aromatic rings. The molecule has 0 aliphatic carbocycles. The van der Waals surface area contributed by atoms with Crippen LogP contribution in [0.4, 0.5) is 5.82 Å². The maximum Gasteiger partial charge on any atom is 0.196 e. The Morgan fingerprint density at radius 2 is 2.05 bits per heavy atom. The van der Waals surface area contributed by atoms with Crippen molar-refractivity contribution in [1.29, 1.82) is 0 Å². The van der Waals surface area contributed by atoms with Crippen LogP contribution in [0.25, 0.3) is 0 Å². The van der Waals surface area contributed by atoms with Gasteiger partial charge < -0.3 is 19.6 Å². The average Bonchev–Trinajstić information content (AvgIpc) is 2.93. The molecule has 104 valence electrons. The molecule has 1 N–H and O–H groups in total. The van der Waals surface area contributed by atoms with Gasteiger partial charge in [0.1, 0.15) is 12.3 Å². The third kappa shape index (κ3) is 2.32. The molecule has 0 saturated heterocycles. The molecule has 6 heteroatoms. The zero-order valence-corrected chi connectivity index (χ0v) is 11.6. The first-order valence-corrected chi connectivity index (χ1v) is 6.45. The van der Waals surface area contributed by atoms with Crippen LogP contribution in [0.15, 0.2) is 41.8 Å². The number of hydrogen-bond acceptors (Lipinski definition) is 4. The average molecular weight is 271 g/mol. The van der Waals surface area contributed by atoms with Gasteiger partial charge in [-0.2, -0.15) is 0 Å². The minimum atomic E-state index is 0.456. The van der Waals surface area contributed by atoms with Gasteiger partial charge in [0.15, 0.2) is 11.7 Å². The summed E-state index contributed by atoms with van der Waals surface area (Å²) in [6.07, 6.45) is 1.67. The number of imidazole rings is 1. The molecule has 0 spiro atoms. The first kappa shape index (κ1) is 12.5. The van der Waals surface area contributed by atoms with Gasteiger partial charge in [-0.3, -0.25) is 0 Å². The molecule has 20 heavy (non-hydrogen) atoms. The number of fused-ring (bicyclic) bond motifs is 1. The van der Waals surface area contributed by atoms with Crippen LogP contribution in [-0.2, 0) is 11.4 Å². The van der Waals surface area contributed by atoms with E-state index in [-0.39, 0.29) is 0 Å². The van der Waals surface area contributed by atoms with E-state index in [0.717, 1.165) is 29.6 Å². The Morgan fingerprint density at radius 3 is 2.85 bits per heavy atom. The molecule has 0 bridgehead atoms. The fourth-order valence-electron chi connectivity index (χ4n) is 2.24. The molecule has 3 rings (SSSR count). The molecule has 0 saturated carbocycles. The lowest BCUT2D eigenvalue weighted by molar-refractivity contribution is 0.126. The highest BCUT2D eigenvalue weighted by molar-refractivity contribution is 6.02. The van der Waals surface area contributed by atoms with Gasteiger partial charge in [0, 0.05) is 14.1 Å². The van der Waals surface area contributed by atoms with Crippen molar-refractivity contribution in [2.75, 3.05) is 25.7 Å². The second-order valence-corrected chi connectivity index (χ2v) is 4.81. The number of rotatable bonds is 3. The van der Waals surface area contributed by atoms with Crippen LogP contribution in [0.5, 0.6) is 0 Å². The minimum Gasteiger partial charge on any atom is -0.389 e. The molecule has 0 radical (unpaired) electrons. The molecular formula is C14H17N5O. The van der Waals surface area contributed by atoms with Crippen molar-refractivity contribution < 1.29 is 4.84 Å². The minimum absolute atomic E-state index is 0.456. The molecule has 6 nitrogen and oxygen atoms in total. The summed E-state index contributed by atoms with van der Waals surface area (Å²) in [7, 11) is 3.97. The molecule has 1 aromatic carbocycles. The number of hydrogen-bond donors (Lipinski definition) is 1. The number of H-pyrrole nitrogens is 1. The van der Waals surface area contributed by atoms with Crippen LogP contribution in [-0.4, -0.2) is 41.5 Å². The lowest BCUT2D eigenvalue weighted by Gasteiger charge is -2.32. The zero-order valence-electron chi connectivity index (χ0n) is 11.6. The van der Waals surface area contributed by atoms with Crippen LogP contribution < -0.4 is 4.90 Å². The summed E-state index contributed by atoms with van der Waals surface area (Å²) in [5, 5.41) is 4.25. The predicted molar refractivity (Wildman–Crippen MR) is 77.4 cm³/mol. The number of benzene rings is 1. The maximum atomic E-state index is 5.47. The third-order valence-corrected chi connectivity index (χ3v) is 3.22. The second kappa shape index (κ2) is 5.24. The number of nitrogens with zero attached hydrogens (tertiary/aromatic N) is 4. The highest BCUT2D eigenvalue weighted by atomic mass is 16.6. The van der Waals surface area contributed by atoms with Gasteiger partial charge in [0.05, 0.1) is 13.0 Å². The second-order valence-electron chi connectivity index (χ2n) is 4.81. The van der Waals surface area contributed by atoms with Gasteiger partial charge in [-0.1, -0.05) is 35.5 Å². The van der Waals surface area contributed by atoms with E-state index in [1.54, 1.807) is 6.33 Å². The number of oxime groups is 1. The van der Waals surface area contributed by atoms with Gasteiger partial charge >= 0.3 is 0 Å². The number of anilines is 1. The van der Waals surface area contributed by atoms with E-state index in [0.29, 0.717) is 6.61 Å². The smallest absolute Gasteiger partial charge is 0.196 e. The molecule has 0 amide bonds. The number of aromatic amines is 1. The van der Waals surface area contributed by atoms with Crippen molar-refractivity contribution >= 4 is 11.7 Å². The fourth-order valence-corrected chi connectivity index (χ4v) is 2.24. The standard InChI is InChI=1S/C14H17N5O/c1-18-10-19(2)14(12-13(18)16-9-15-12)17-20-8-11-6-4-3-5-7-11/h3-7,9H,8,10H2,1-2H3,(H,15,16). The molecule has 2 heterocycles. The molecule has 1 aliphatic heterocycles. The van der Waals surface area contributed by atoms with E-state index < -0.39 is 0 Å². The topological polar surface area (TPSA) is 56.8 Å². The highest BCUT2D eigenvalue weighted by Gasteiger charge is 2.26. The van der Waals surface area contributed by atoms with Crippen molar-refractivity contribution in [2.45, 2.75) is 6.61 Å². The molecular weight excluding hydrogens is 254 g/mol. The summed E-state index contributed by atoms with van der Waals surface area (Å²) >= 11 is 0. The predicted octanol–water partition coefficient (Wildman–Crippen LogP) is 1.63. The molecule has 0 unspecified atom stereocenters. The molecule has 0 fully saturated rings. The summed E-state index contributed by atoms with van der Waals surface area (Å²) in [5.41, 5.74) is 1.98. The normalized spacial score (nSPS) is 16.4. The third-order valence-electron chi connectivity index (χ3n) is 3.22. The van der Waals surface area contributed by atoms with Gasteiger partial charge in [-0.05, 0) is 5.56 Å². The fraction of sp³-hybridized carbons (Fsp3) is 0.286. The largest absolute Gasteiger partial charge is 0.389 e. The quantitative estimate of drug-likeness (QED) is 0.862. The van der Waals surface area contributed by atoms with Crippen molar-refractivity contribution in [3.8, 4) is 0 Å². The molecule has 1 aliphatic rings. The van der Waals surface area contributed by atoms with Crippen LogP contribution in [0.1, 0.15) is 11.3 Å². The van der Waals surface area contributed by atoms with E-state index >= 15 is 0 Å². The van der Waals surface area contributed by atoms with E-state index in [9.17, 15) is 0 Å². The van der Waals surface area contributed by atoms with Crippen molar-refractivity contribution in [3.05, 3.63) is 47.9 Å². The number of nitrogens with one attached hydrogen (secondary N) is 1. The van der Waals surface area contributed by atoms with E-state index in [2.05, 4.69) is 20.0 Å². The van der Waals surface area contributed by atoms with Gasteiger partial charge in [0.2, 0.25) is 0 Å². The summed E-state index contributed by atoms with van der Waals surface area (Å²) in [5.74, 6) is 1.66. The SMILES string of the molecule is CN1CN(C)c2nc[nH]c2C1=NOCc1ccccc1. The van der Waals surface area contributed by atoms with Crippen LogP contribution in [0.3, 0.4) is 0 Å². The Hall–Kier alpha value is -2.50. The van der Waals surface area contributed by atoms with E-state index in [1.165, 1.54) is 0 Å². The maximum absolute atomic E-state index is 5.47. The van der Waals surface area contributed by atoms with Crippen LogP contribution >= 0.6 is 0 Å². The lowest BCUT2D eigenvalue weighted by Crippen LogP contribution is -2.43. The van der Waals surface area contributed by atoms with Crippen molar-refractivity contribution in [1.82, 2.24) is 14.9 Å².